The number of hydrogen-bond donors (Lipinski definition) is 2. The topological polar surface area (TPSA) is 98.8 Å². The monoisotopic (exact) mass is 541 g/mol. The molecule has 0 fully saturated rings. The van der Waals surface area contributed by atoms with Gasteiger partial charge in [0.15, 0.2) is 16.6 Å². The molecule has 3 rings (SSSR count). The lowest BCUT2D eigenvalue weighted by atomic mass is 10.0. The van der Waals surface area contributed by atoms with E-state index in [1.165, 1.54) is 6.07 Å². The van der Waals surface area contributed by atoms with Gasteiger partial charge in [-0.1, -0.05) is 41.9 Å². The summed E-state index contributed by atoms with van der Waals surface area (Å²) in [5, 5.41) is 2.85. The number of alkyl carbamates (subject to hydrolysis) is 1. The second-order valence-corrected chi connectivity index (χ2v) is 7.86. The van der Waals surface area contributed by atoms with E-state index in [0.29, 0.717) is 5.56 Å². The van der Waals surface area contributed by atoms with Gasteiger partial charge in [-0.2, -0.15) is 13.2 Å². The quantitative estimate of drug-likeness (QED) is 0.302. The van der Waals surface area contributed by atoms with Crippen molar-refractivity contribution < 1.29 is 37.0 Å². The summed E-state index contributed by atoms with van der Waals surface area (Å²) in [6.45, 7) is 1.50. The third-order valence-electron chi connectivity index (χ3n) is 4.69. The number of benzene rings is 2. The van der Waals surface area contributed by atoms with Crippen molar-refractivity contribution in [1.29, 1.82) is 0 Å². The van der Waals surface area contributed by atoms with E-state index in [-0.39, 0.29) is 24.3 Å². The molecular weight excluding hydrogens is 523 g/mol. The van der Waals surface area contributed by atoms with Crippen LogP contribution >= 0.6 is 23.8 Å². The predicted octanol–water partition coefficient (Wildman–Crippen LogP) is 5.72. The first kappa shape index (κ1) is 27.0. The molecule has 1 heterocycles. The molecular formula is C23H19ClF3N3O5S. The third-order valence-corrected chi connectivity index (χ3v) is 5.20. The standard InChI is InChI=1S/C23H19ClF3N3O5S/c1-3-34-22(32)30-21(36)29-19-15-13(9-10-14(24)16(15)23(25,26)27)18(17(28-19)20(31)33-2)35-11-12-7-5-4-6-8-12/h4-10H,3,11H2,1-2H3,(H2,28,29,30,32,36). The molecule has 36 heavy (non-hydrogen) atoms. The first-order valence-electron chi connectivity index (χ1n) is 10.3. The summed E-state index contributed by atoms with van der Waals surface area (Å²) >= 11 is 11.0. The summed E-state index contributed by atoms with van der Waals surface area (Å²) in [6, 6.07) is 11.1. The highest BCUT2D eigenvalue weighted by atomic mass is 35.5. The molecule has 190 valence electrons. The number of esters is 1. The van der Waals surface area contributed by atoms with Gasteiger partial charge in [-0.05, 0) is 36.8 Å². The fourth-order valence-electron chi connectivity index (χ4n) is 3.24. The Bertz CT molecular complexity index is 1310. The number of pyridine rings is 1. The van der Waals surface area contributed by atoms with Crippen LogP contribution in [0.3, 0.4) is 0 Å². The number of rotatable bonds is 6. The molecule has 8 nitrogen and oxygen atoms in total. The van der Waals surface area contributed by atoms with Crippen molar-refractivity contribution >= 4 is 57.6 Å². The van der Waals surface area contributed by atoms with Crippen LogP contribution in [-0.2, 0) is 22.3 Å². The summed E-state index contributed by atoms with van der Waals surface area (Å²) < 4.78 is 57.6. The van der Waals surface area contributed by atoms with E-state index in [4.69, 9.17) is 38.0 Å². The van der Waals surface area contributed by atoms with Crippen molar-refractivity contribution in [1.82, 2.24) is 10.3 Å². The van der Waals surface area contributed by atoms with Gasteiger partial charge in [0.25, 0.3) is 0 Å². The number of hydrogen-bond acceptors (Lipinski definition) is 7. The molecule has 1 amide bonds. The van der Waals surface area contributed by atoms with Gasteiger partial charge in [0.2, 0.25) is 0 Å². The third kappa shape index (κ3) is 6.13. The zero-order chi connectivity index (χ0) is 26.5. The van der Waals surface area contributed by atoms with E-state index in [9.17, 15) is 22.8 Å². The molecule has 2 aromatic carbocycles. The summed E-state index contributed by atoms with van der Waals surface area (Å²) in [5.74, 6) is -1.73. The first-order chi connectivity index (χ1) is 17.1. The zero-order valence-electron chi connectivity index (χ0n) is 18.9. The number of methoxy groups -OCH3 is 1. The van der Waals surface area contributed by atoms with Crippen LogP contribution in [0.4, 0.5) is 23.8 Å². The van der Waals surface area contributed by atoms with Crippen LogP contribution in [0, 0.1) is 0 Å². The van der Waals surface area contributed by atoms with Crippen molar-refractivity contribution in [2.24, 2.45) is 0 Å². The fraction of sp³-hybridized carbons (Fsp3) is 0.217. The molecule has 1 aromatic heterocycles. The minimum Gasteiger partial charge on any atom is -0.486 e. The van der Waals surface area contributed by atoms with Gasteiger partial charge in [-0.25, -0.2) is 14.6 Å². The molecule has 13 heteroatoms. The second-order valence-electron chi connectivity index (χ2n) is 7.05. The number of nitrogens with zero attached hydrogens (tertiary/aromatic N) is 1. The molecule has 0 radical (unpaired) electrons. The van der Waals surface area contributed by atoms with E-state index in [2.05, 4.69) is 15.6 Å². The minimum absolute atomic E-state index is 0.0311. The maximum Gasteiger partial charge on any atom is 0.418 e. The lowest BCUT2D eigenvalue weighted by molar-refractivity contribution is -0.136. The van der Waals surface area contributed by atoms with Gasteiger partial charge < -0.3 is 19.5 Å². The summed E-state index contributed by atoms with van der Waals surface area (Å²) in [6.07, 6.45) is -5.86. The van der Waals surface area contributed by atoms with E-state index in [1.807, 2.05) is 0 Å². The molecule has 0 saturated carbocycles. The van der Waals surface area contributed by atoms with Crippen molar-refractivity contribution in [2.45, 2.75) is 19.7 Å². The largest absolute Gasteiger partial charge is 0.486 e. The molecule has 0 spiro atoms. The number of carbonyl (C=O) groups is 2. The number of carbonyl (C=O) groups excluding carboxylic acids is 2. The normalized spacial score (nSPS) is 11.1. The lowest BCUT2D eigenvalue weighted by Gasteiger charge is -2.20. The van der Waals surface area contributed by atoms with Crippen LogP contribution < -0.4 is 15.4 Å². The Morgan fingerprint density at radius 2 is 1.83 bits per heavy atom. The van der Waals surface area contributed by atoms with Crippen LogP contribution in [0.1, 0.15) is 28.5 Å². The van der Waals surface area contributed by atoms with Crippen LogP contribution in [0.2, 0.25) is 5.02 Å². The average molecular weight is 542 g/mol. The van der Waals surface area contributed by atoms with Gasteiger partial charge in [0, 0.05) is 10.8 Å². The molecule has 0 atom stereocenters. The van der Waals surface area contributed by atoms with E-state index < -0.39 is 50.8 Å². The van der Waals surface area contributed by atoms with Gasteiger partial charge in [-0.15, -0.1) is 0 Å². The molecule has 0 unspecified atom stereocenters. The van der Waals surface area contributed by atoms with Crippen molar-refractivity contribution in [3.8, 4) is 5.75 Å². The molecule has 0 bridgehead atoms. The van der Waals surface area contributed by atoms with Gasteiger partial charge in [-0.3, -0.25) is 5.32 Å². The molecule has 2 N–H and O–H groups in total. The Labute approximate surface area is 213 Å². The highest BCUT2D eigenvalue weighted by molar-refractivity contribution is 7.80. The molecule has 0 saturated heterocycles. The number of nitrogens with one attached hydrogen (secondary N) is 2. The van der Waals surface area contributed by atoms with E-state index in [0.717, 1.165) is 13.2 Å². The highest BCUT2D eigenvalue weighted by Gasteiger charge is 2.38. The average Bonchev–Trinajstić information content (AvgIpc) is 2.82. The fourth-order valence-corrected chi connectivity index (χ4v) is 3.68. The van der Waals surface area contributed by atoms with Crippen LogP contribution in [0.5, 0.6) is 5.75 Å². The SMILES string of the molecule is CCOC(=O)NC(=S)Nc1nc(C(=O)OC)c(OCc2ccccc2)c2ccc(Cl)c(C(F)(F)F)c12. The number of anilines is 1. The molecule has 3 aromatic rings. The number of halogens is 4. The highest BCUT2D eigenvalue weighted by Crippen LogP contribution is 2.45. The van der Waals surface area contributed by atoms with Crippen molar-refractivity contribution in [3.63, 3.8) is 0 Å². The van der Waals surface area contributed by atoms with E-state index >= 15 is 0 Å². The summed E-state index contributed by atoms with van der Waals surface area (Å²) in [5.41, 5.74) is -0.970. The molecule has 0 aliphatic carbocycles. The number of thiocarbonyl (C=S) groups is 1. The van der Waals surface area contributed by atoms with Crippen molar-refractivity contribution in [2.75, 3.05) is 19.0 Å². The van der Waals surface area contributed by atoms with Crippen LogP contribution in [0.15, 0.2) is 42.5 Å². The van der Waals surface area contributed by atoms with Gasteiger partial charge in [0.05, 0.1) is 24.3 Å². The Morgan fingerprint density at radius 3 is 2.44 bits per heavy atom. The Kier molecular flexibility index (Phi) is 8.53. The maximum absolute atomic E-state index is 14.1. The number of amides is 1. The van der Waals surface area contributed by atoms with Crippen molar-refractivity contribution in [3.05, 3.63) is 64.3 Å². The van der Waals surface area contributed by atoms with Gasteiger partial charge >= 0.3 is 18.2 Å². The van der Waals surface area contributed by atoms with Crippen LogP contribution in [-0.4, -0.2) is 35.9 Å². The Hall–Kier alpha value is -3.64. The minimum atomic E-state index is -4.92. The summed E-state index contributed by atoms with van der Waals surface area (Å²) in [7, 11) is 1.08. The Balaban J connectivity index is 2.24. The number of fused-ring (bicyclic) bond motifs is 1. The van der Waals surface area contributed by atoms with Gasteiger partial charge in [0.1, 0.15) is 12.4 Å². The van der Waals surface area contributed by atoms with E-state index in [1.54, 1.807) is 37.3 Å². The Morgan fingerprint density at radius 1 is 1.14 bits per heavy atom. The zero-order valence-corrected chi connectivity index (χ0v) is 20.4. The number of alkyl halides is 3. The second kappa shape index (κ2) is 11.4. The smallest absolute Gasteiger partial charge is 0.418 e. The number of ether oxygens (including phenoxy) is 3. The maximum atomic E-state index is 14.1. The molecule has 0 aliphatic heterocycles. The van der Waals surface area contributed by atoms with Crippen LogP contribution in [0.25, 0.3) is 10.8 Å². The lowest BCUT2D eigenvalue weighted by Crippen LogP contribution is -2.35. The predicted molar refractivity (Wildman–Crippen MR) is 130 cm³/mol. The molecule has 0 aliphatic rings. The first-order valence-corrected chi connectivity index (χ1v) is 11.1. The summed E-state index contributed by atoms with van der Waals surface area (Å²) in [4.78, 5) is 28.3. The number of aromatic nitrogens is 1.